The molecule has 1 aromatic rings. The highest BCUT2D eigenvalue weighted by atomic mass is 16.6. The Labute approximate surface area is 136 Å². The number of benzene rings is 1. The van der Waals surface area contributed by atoms with Crippen molar-refractivity contribution in [3.63, 3.8) is 0 Å². The Balaban J connectivity index is 2.58. The highest BCUT2D eigenvalue weighted by Crippen LogP contribution is 2.23. The number of carbonyl (C=O) groups is 2. The Bertz CT molecular complexity index is 550. The third-order valence-electron chi connectivity index (χ3n) is 3.16. The first-order chi connectivity index (χ1) is 10.6. The van der Waals surface area contributed by atoms with Gasteiger partial charge in [-0.25, -0.2) is 4.79 Å². The second kappa shape index (κ2) is 8.08. The van der Waals surface area contributed by atoms with Crippen LogP contribution in [-0.4, -0.2) is 40.8 Å². The van der Waals surface area contributed by atoms with Crippen LogP contribution in [0.4, 0.5) is 4.79 Å². The molecule has 0 spiro atoms. The summed E-state index contributed by atoms with van der Waals surface area (Å²) in [7, 11) is 0. The van der Waals surface area contributed by atoms with Crippen LogP contribution in [0.15, 0.2) is 18.2 Å². The van der Waals surface area contributed by atoms with Crippen LogP contribution in [0.3, 0.4) is 0 Å². The van der Waals surface area contributed by atoms with Gasteiger partial charge in [0.25, 0.3) is 0 Å². The van der Waals surface area contributed by atoms with E-state index in [4.69, 9.17) is 4.74 Å². The maximum atomic E-state index is 11.5. The van der Waals surface area contributed by atoms with Gasteiger partial charge in [0.2, 0.25) is 0 Å². The SMILES string of the molecule is Cc1ccc(C=O)c(C(O)C(O)CCNC(=O)OC(C)(C)C)c1. The van der Waals surface area contributed by atoms with Gasteiger partial charge < -0.3 is 20.3 Å². The summed E-state index contributed by atoms with van der Waals surface area (Å²) in [4.78, 5) is 22.5. The summed E-state index contributed by atoms with van der Waals surface area (Å²) >= 11 is 0. The number of alkyl carbamates (subject to hydrolysis) is 1. The lowest BCUT2D eigenvalue weighted by Crippen LogP contribution is -2.34. The molecule has 2 atom stereocenters. The maximum absolute atomic E-state index is 11.5. The molecule has 1 aromatic carbocycles. The third kappa shape index (κ3) is 6.38. The van der Waals surface area contributed by atoms with E-state index < -0.39 is 23.9 Å². The predicted molar refractivity (Wildman–Crippen MR) is 86.4 cm³/mol. The first-order valence-corrected chi connectivity index (χ1v) is 7.52. The number of aliphatic hydroxyl groups excluding tert-OH is 2. The second-order valence-electron chi connectivity index (χ2n) is 6.48. The number of aliphatic hydroxyl groups is 2. The Morgan fingerprint density at radius 1 is 1.35 bits per heavy atom. The summed E-state index contributed by atoms with van der Waals surface area (Å²) in [5.74, 6) is 0. The summed E-state index contributed by atoms with van der Waals surface area (Å²) in [6, 6.07) is 5.03. The zero-order valence-corrected chi connectivity index (χ0v) is 14.0. The van der Waals surface area contributed by atoms with E-state index in [-0.39, 0.29) is 13.0 Å². The molecular weight excluding hydrogens is 298 g/mol. The van der Waals surface area contributed by atoms with Crippen LogP contribution < -0.4 is 5.32 Å². The molecule has 6 nitrogen and oxygen atoms in total. The van der Waals surface area contributed by atoms with Gasteiger partial charge in [-0.15, -0.1) is 0 Å². The molecule has 0 saturated heterocycles. The molecule has 128 valence electrons. The second-order valence-corrected chi connectivity index (χ2v) is 6.48. The van der Waals surface area contributed by atoms with Crippen molar-refractivity contribution in [3.8, 4) is 0 Å². The van der Waals surface area contributed by atoms with Crippen molar-refractivity contribution in [2.24, 2.45) is 0 Å². The molecule has 0 aliphatic heterocycles. The number of rotatable bonds is 6. The van der Waals surface area contributed by atoms with Crippen molar-refractivity contribution in [2.75, 3.05) is 6.54 Å². The number of aldehydes is 1. The van der Waals surface area contributed by atoms with E-state index >= 15 is 0 Å². The Kier molecular flexibility index (Phi) is 6.72. The minimum Gasteiger partial charge on any atom is -0.444 e. The highest BCUT2D eigenvalue weighted by molar-refractivity contribution is 5.77. The third-order valence-corrected chi connectivity index (χ3v) is 3.16. The molecule has 0 aromatic heterocycles. The van der Waals surface area contributed by atoms with Gasteiger partial charge in [0.15, 0.2) is 0 Å². The van der Waals surface area contributed by atoms with Gasteiger partial charge in [0, 0.05) is 12.1 Å². The predicted octanol–water partition coefficient (Wildman–Crippen LogP) is 2.12. The van der Waals surface area contributed by atoms with E-state index in [1.54, 1.807) is 39.0 Å². The molecule has 0 aliphatic rings. The van der Waals surface area contributed by atoms with Crippen molar-refractivity contribution >= 4 is 12.4 Å². The van der Waals surface area contributed by atoms with E-state index in [0.717, 1.165) is 5.56 Å². The summed E-state index contributed by atoms with van der Waals surface area (Å²) in [6.07, 6.45) is -2.11. The fourth-order valence-electron chi connectivity index (χ4n) is 2.06. The number of ether oxygens (including phenoxy) is 1. The zero-order valence-electron chi connectivity index (χ0n) is 14.0. The van der Waals surface area contributed by atoms with Crippen LogP contribution >= 0.6 is 0 Å². The minimum absolute atomic E-state index is 0.132. The molecule has 1 rings (SSSR count). The maximum Gasteiger partial charge on any atom is 0.407 e. The molecule has 6 heteroatoms. The van der Waals surface area contributed by atoms with Crippen LogP contribution in [0.5, 0.6) is 0 Å². The summed E-state index contributed by atoms with van der Waals surface area (Å²) < 4.78 is 5.08. The highest BCUT2D eigenvalue weighted by Gasteiger charge is 2.22. The molecule has 1 amide bonds. The molecule has 0 radical (unpaired) electrons. The van der Waals surface area contributed by atoms with Crippen LogP contribution in [0.2, 0.25) is 0 Å². The van der Waals surface area contributed by atoms with Crippen LogP contribution in [0.1, 0.15) is 54.8 Å². The van der Waals surface area contributed by atoms with Gasteiger partial charge in [-0.1, -0.05) is 23.8 Å². The standard InChI is InChI=1S/C17H25NO5/c1-11-5-6-12(10-19)13(9-11)15(21)14(20)7-8-18-16(22)23-17(2,3)4/h5-6,9-10,14-15,20-21H,7-8H2,1-4H3,(H,18,22). The molecule has 3 N–H and O–H groups in total. The lowest BCUT2D eigenvalue weighted by atomic mass is 9.96. The quantitative estimate of drug-likeness (QED) is 0.697. The van der Waals surface area contributed by atoms with Crippen molar-refractivity contribution in [2.45, 2.75) is 51.9 Å². The lowest BCUT2D eigenvalue weighted by molar-refractivity contribution is 0.0120. The number of amides is 1. The Morgan fingerprint density at radius 3 is 2.57 bits per heavy atom. The smallest absolute Gasteiger partial charge is 0.407 e. The van der Waals surface area contributed by atoms with E-state index in [1.807, 2.05) is 6.92 Å². The van der Waals surface area contributed by atoms with Gasteiger partial charge in [-0.05, 0) is 39.7 Å². The van der Waals surface area contributed by atoms with E-state index in [2.05, 4.69) is 5.32 Å². The molecule has 0 aliphatic carbocycles. The van der Waals surface area contributed by atoms with Crippen LogP contribution in [0, 0.1) is 6.92 Å². The van der Waals surface area contributed by atoms with Gasteiger partial charge in [-0.3, -0.25) is 4.79 Å². The normalized spacial score (nSPS) is 14.0. The lowest BCUT2D eigenvalue weighted by Gasteiger charge is -2.22. The van der Waals surface area contributed by atoms with Crippen LogP contribution in [-0.2, 0) is 4.74 Å². The fourth-order valence-corrected chi connectivity index (χ4v) is 2.06. The fraction of sp³-hybridized carbons (Fsp3) is 0.529. The van der Waals surface area contributed by atoms with E-state index in [0.29, 0.717) is 17.4 Å². The van der Waals surface area contributed by atoms with Crippen LogP contribution in [0.25, 0.3) is 0 Å². The number of hydrogen-bond donors (Lipinski definition) is 3. The van der Waals surface area contributed by atoms with Gasteiger partial charge in [-0.2, -0.15) is 0 Å². The average Bonchev–Trinajstić information content (AvgIpc) is 2.44. The largest absolute Gasteiger partial charge is 0.444 e. The van der Waals surface area contributed by atoms with Gasteiger partial charge in [0.1, 0.15) is 18.0 Å². The first-order valence-electron chi connectivity index (χ1n) is 7.52. The number of nitrogens with one attached hydrogen (secondary N) is 1. The van der Waals surface area contributed by atoms with Crippen molar-refractivity contribution in [1.82, 2.24) is 5.32 Å². The molecule has 0 bridgehead atoms. The molecular formula is C17H25NO5. The molecule has 0 fully saturated rings. The van der Waals surface area contributed by atoms with Crippen molar-refractivity contribution in [1.29, 1.82) is 0 Å². The summed E-state index contributed by atoms with van der Waals surface area (Å²) in [5.41, 5.74) is 0.999. The monoisotopic (exact) mass is 323 g/mol. The number of carbonyl (C=O) groups excluding carboxylic acids is 2. The first kappa shape index (κ1) is 19.1. The number of aryl methyl sites for hydroxylation is 1. The molecule has 23 heavy (non-hydrogen) atoms. The average molecular weight is 323 g/mol. The minimum atomic E-state index is -1.20. The van der Waals surface area contributed by atoms with Gasteiger partial charge >= 0.3 is 6.09 Å². The Hall–Kier alpha value is -1.92. The molecule has 0 heterocycles. The molecule has 0 saturated carbocycles. The topological polar surface area (TPSA) is 95.9 Å². The van der Waals surface area contributed by atoms with E-state index in [9.17, 15) is 19.8 Å². The van der Waals surface area contributed by atoms with Crippen molar-refractivity contribution in [3.05, 3.63) is 34.9 Å². The molecule has 2 unspecified atom stereocenters. The zero-order chi connectivity index (χ0) is 17.6. The van der Waals surface area contributed by atoms with E-state index in [1.165, 1.54) is 0 Å². The van der Waals surface area contributed by atoms with Gasteiger partial charge in [0.05, 0.1) is 6.10 Å². The van der Waals surface area contributed by atoms with Crippen molar-refractivity contribution < 1.29 is 24.5 Å². The summed E-state index contributed by atoms with van der Waals surface area (Å²) in [5, 5.41) is 22.8. The summed E-state index contributed by atoms with van der Waals surface area (Å²) in [6.45, 7) is 7.24. The number of hydrogen-bond acceptors (Lipinski definition) is 5. The Morgan fingerprint density at radius 2 is 2.00 bits per heavy atom.